The zero-order valence-electron chi connectivity index (χ0n) is 17.4. The fourth-order valence-corrected chi connectivity index (χ4v) is 3.55. The number of aromatic amines is 1. The van der Waals surface area contributed by atoms with Crippen LogP contribution in [0.2, 0.25) is 0 Å². The van der Waals surface area contributed by atoms with Crippen LogP contribution in [0, 0.1) is 0 Å². The lowest BCUT2D eigenvalue weighted by Crippen LogP contribution is -2.23. The van der Waals surface area contributed by atoms with Gasteiger partial charge in [-0.05, 0) is 53.9 Å². The topological polar surface area (TPSA) is 78.5 Å². The number of carboxylic acids is 1. The van der Waals surface area contributed by atoms with Gasteiger partial charge in [0.15, 0.2) is 0 Å². The van der Waals surface area contributed by atoms with Gasteiger partial charge in [-0.15, -0.1) is 0 Å². The quantitative estimate of drug-likeness (QED) is 0.412. The van der Waals surface area contributed by atoms with E-state index in [2.05, 4.69) is 33.3 Å². The van der Waals surface area contributed by atoms with Gasteiger partial charge in [0.25, 0.3) is 0 Å². The summed E-state index contributed by atoms with van der Waals surface area (Å²) in [5, 5.41) is 17.1. The van der Waals surface area contributed by atoms with Gasteiger partial charge in [0, 0.05) is 30.1 Å². The smallest absolute Gasteiger partial charge is 0.303 e. The Morgan fingerprint density at radius 1 is 1.10 bits per heavy atom. The summed E-state index contributed by atoms with van der Waals surface area (Å²) in [6, 6.07) is 22.2. The molecule has 0 atom stereocenters. The third-order valence-electron chi connectivity index (χ3n) is 5.30. The van der Waals surface area contributed by atoms with Crippen molar-refractivity contribution in [1.82, 2.24) is 10.2 Å². The van der Waals surface area contributed by atoms with E-state index in [4.69, 9.17) is 9.84 Å². The van der Waals surface area contributed by atoms with Crippen molar-refractivity contribution in [3.05, 3.63) is 78.5 Å². The Morgan fingerprint density at radius 3 is 2.74 bits per heavy atom. The molecule has 0 spiro atoms. The molecule has 0 saturated carbocycles. The average molecular weight is 415 g/mol. The van der Waals surface area contributed by atoms with Crippen molar-refractivity contribution in [2.24, 2.45) is 0 Å². The molecule has 0 aliphatic carbocycles. The van der Waals surface area contributed by atoms with E-state index < -0.39 is 5.97 Å². The highest BCUT2D eigenvalue weighted by atomic mass is 16.5. The Balaban J connectivity index is 1.56. The van der Waals surface area contributed by atoms with Gasteiger partial charge < -0.3 is 14.7 Å². The van der Waals surface area contributed by atoms with Crippen LogP contribution in [-0.2, 0) is 11.2 Å². The molecule has 6 nitrogen and oxygen atoms in total. The Kier molecular flexibility index (Phi) is 6.17. The third-order valence-corrected chi connectivity index (χ3v) is 5.30. The normalized spacial score (nSPS) is 10.9. The van der Waals surface area contributed by atoms with Crippen LogP contribution in [0.5, 0.6) is 5.75 Å². The summed E-state index contributed by atoms with van der Waals surface area (Å²) in [6.07, 6.45) is 2.37. The van der Waals surface area contributed by atoms with Crippen molar-refractivity contribution in [1.29, 1.82) is 0 Å². The predicted octanol–water partition coefficient (Wildman–Crippen LogP) is 4.76. The maximum absolute atomic E-state index is 11.0. The largest absolute Gasteiger partial charge is 0.491 e. The first-order valence-electron chi connectivity index (χ1n) is 10.3. The van der Waals surface area contributed by atoms with Crippen molar-refractivity contribution in [2.45, 2.75) is 12.8 Å². The van der Waals surface area contributed by atoms with Crippen molar-refractivity contribution >= 4 is 22.6 Å². The lowest BCUT2D eigenvalue weighted by molar-refractivity contribution is -0.136. The zero-order valence-corrected chi connectivity index (χ0v) is 17.4. The molecule has 0 unspecified atom stereocenters. The van der Waals surface area contributed by atoms with Gasteiger partial charge >= 0.3 is 5.97 Å². The van der Waals surface area contributed by atoms with Crippen LogP contribution in [-0.4, -0.2) is 41.5 Å². The summed E-state index contributed by atoms with van der Waals surface area (Å²) in [5.41, 5.74) is 5.04. The number of nitrogens with one attached hydrogen (secondary N) is 1. The van der Waals surface area contributed by atoms with E-state index in [0.29, 0.717) is 13.0 Å². The van der Waals surface area contributed by atoms with Crippen LogP contribution in [0.4, 0.5) is 5.69 Å². The molecule has 31 heavy (non-hydrogen) atoms. The molecule has 0 amide bonds. The van der Waals surface area contributed by atoms with E-state index in [9.17, 15) is 4.79 Å². The fourth-order valence-electron chi connectivity index (χ4n) is 3.55. The molecule has 0 radical (unpaired) electrons. The summed E-state index contributed by atoms with van der Waals surface area (Å²) in [6.45, 7) is 1.27. The number of aromatic nitrogens is 2. The molecule has 1 heterocycles. The van der Waals surface area contributed by atoms with Crippen LogP contribution in [0.15, 0.2) is 72.9 Å². The molecule has 0 fully saturated rings. The standard InChI is InChI=1S/C25H25N3O3/c1-28(21-5-3-2-4-6-21)13-14-31-24-11-7-18(8-12-25(29)30)15-22(24)19-9-10-23-20(16-19)17-26-27-23/h2-7,9-11,15-17H,8,12-14H2,1H3,(H,26,27)(H,29,30). The fraction of sp³-hybridized carbons (Fsp3) is 0.200. The lowest BCUT2D eigenvalue weighted by atomic mass is 9.99. The second-order valence-corrected chi connectivity index (χ2v) is 7.50. The Bertz CT molecular complexity index is 1170. The molecular weight excluding hydrogens is 390 g/mol. The van der Waals surface area contributed by atoms with Crippen molar-refractivity contribution in [2.75, 3.05) is 25.1 Å². The maximum Gasteiger partial charge on any atom is 0.303 e. The second kappa shape index (κ2) is 9.34. The van der Waals surface area contributed by atoms with E-state index in [1.54, 1.807) is 6.20 Å². The van der Waals surface area contributed by atoms with E-state index in [1.807, 2.05) is 55.6 Å². The minimum Gasteiger partial charge on any atom is -0.491 e. The van der Waals surface area contributed by atoms with Crippen molar-refractivity contribution < 1.29 is 14.6 Å². The number of aryl methyl sites for hydroxylation is 1. The first-order chi connectivity index (χ1) is 15.1. The van der Waals surface area contributed by atoms with Gasteiger partial charge in [-0.25, -0.2) is 0 Å². The SMILES string of the molecule is CN(CCOc1ccc(CCC(=O)O)cc1-c1ccc2[nH]ncc2c1)c1ccccc1. The molecule has 4 rings (SSSR count). The number of rotatable bonds is 9. The number of H-pyrrole nitrogens is 1. The van der Waals surface area contributed by atoms with Crippen LogP contribution < -0.4 is 9.64 Å². The third kappa shape index (κ3) is 5.04. The first kappa shape index (κ1) is 20.5. The van der Waals surface area contributed by atoms with Gasteiger partial charge in [-0.2, -0.15) is 5.10 Å². The highest BCUT2D eigenvalue weighted by Gasteiger charge is 2.11. The number of likely N-dealkylation sites (N-methyl/N-ethyl adjacent to an activating group) is 1. The first-order valence-corrected chi connectivity index (χ1v) is 10.3. The van der Waals surface area contributed by atoms with Crippen LogP contribution in [0.25, 0.3) is 22.0 Å². The number of carboxylic acid groups (broad SMARTS) is 1. The summed E-state index contributed by atoms with van der Waals surface area (Å²) in [4.78, 5) is 13.1. The van der Waals surface area contributed by atoms with E-state index in [0.717, 1.165) is 45.6 Å². The highest BCUT2D eigenvalue weighted by molar-refractivity contribution is 5.85. The van der Waals surface area contributed by atoms with E-state index in [1.165, 1.54) is 0 Å². The van der Waals surface area contributed by atoms with Gasteiger partial charge in [0.05, 0.1) is 18.3 Å². The molecule has 1 aromatic heterocycles. The number of hydrogen-bond acceptors (Lipinski definition) is 4. The molecule has 3 aromatic carbocycles. The monoisotopic (exact) mass is 415 g/mol. The Hall–Kier alpha value is -3.80. The molecule has 0 aliphatic heterocycles. The summed E-state index contributed by atoms with van der Waals surface area (Å²) in [5.74, 6) is -0.0194. The lowest BCUT2D eigenvalue weighted by Gasteiger charge is -2.20. The molecule has 2 N–H and O–H groups in total. The molecular formula is C25H25N3O3. The summed E-state index contributed by atoms with van der Waals surface area (Å²) in [7, 11) is 2.04. The Morgan fingerprint density at radius 2 is 1.94 bits per heavy atom. The van der Waals surface area contributed by atoms with Gasteiger partial charge in [-0.1, -0.05) is 30.3 Å². The van der Waals surface area contributed by atoms with Gasteiger partial charge in [-0.3, -0.25) is 9.89 Å². The molecule has 0 aliphatic rings. The van der Waals surface area contributed by atoms with Crippen LogP contribution >= 0.6 is 0 Å². The summed E-state index contributed by atoms with van der Waals surface area (Å²) < 4.78 is 6.18. The molecule has 0 saturated heterocycles. The molecule has 6 heteroatoms. The highest BCUT2D eigenvalue weighted by Crippen LogP contribution is 2.33. The minimum atomic E-state index is -0.800. The van der Waals surface area contributed by atoms with E-state index >= 15 is 0 Å². The average Bonchev–Trinajstić information content (AvgIpc) is 3.26. The number of nitrogens with zero attached hydrogens (tertiary/aromatic N) is 2. The van der Waals surface area contributed by atoms with Crippen molar-refractivity contribution in [3.8, 4) is 16.9 Å². The number of aliphatic carboxylic acids is 1. The number of ether oxygens (including phenoxy) is 1. The van der Waals surface area contributed by atoms with E-state index in [-0.39, 0.29) is 6.42 Å². The predicted molar refractivity (Wildman–Crippen MR) is 123 cm³/mol. The van der Waals surface area contributed by atoms with Crippen LogP contribution in [0.3, 0.4) is 0 Å². The number of para-hydroxylation sites is 1. The number of fused-ring (bicyclic) bond motifs is 1. The maximum atomic E-state index is 11.0. The van der Waals surface area contributed by atoms with Gasteiger partial charge in [0.1, 0.15) is 12.4 Å². The van der Waals surface area contributed by atoms with Crippen molar-refractivity contribution in [3.63, 3.8) is 0 Å². The number of carbonyl (C=O) groups is 1. The number of anilines is 1. The molecule has 0 bridgehead atoms. The van der Waals surface area contributed by atoms with Crippen LogP contribution in [0.1, 0.15) is 12.0 Å². The zero-order chi connectivity index (χ0) is 21.6. The molecule has 158 valence electrons. The summed E-state index contributed by atoms with van der Waals surface area (Å²) >= 11 is 0. The second-order valence-electron chi connectivity index (χ2n) is 7.50. The van der Waals surface area contributed by atoms with Gasteiger partial charge in [0.2, 0.25) is 0 Å². The Labute approximate surface area is 181 Å². The number of benzene rings is 3. The molecule has 4 aromatic rings. The minimum absolute atomic E-state index is 0.0995. The number of hydrogen-bond donors (Lipinski definition) is 2.